The van der Waals surface area contributed by atoms with Gasteiger partial charge in [-0.1, -0.05) is 6.58 Å². The molecule has 2 nitrogen and oxygen atoms in total. The van der Waals surface area contributed by atoms with E-state index in [0.29, 0.717) is 0 Å². The fourth-order valence-electron chi connectivity index (χ4n) is 2.76. The molecule has 14 heavy (non-hydrogen) atoms. The predicted molar refractivity (Wildman–Crippen MR) is 60.1 cm³/mol. The maximum absolute atomic E-state index is 4.03. The van der Waals surface area contributed by atoms with Gasteiger partial charge in [0.25, 0.3) is 0 Å². The lowest BCUT2D eigenvalue weighted by Crippen LogP contribution is -2.32. The minimum Gasteiger partial charge on any atom is -0.375 e. The van der Waals surface area contributed by atoms with E-state index in [0.717, 1.165) is 17.9 Å². The molecule has 2 unspecified atom stereocenters. The van der Waals surface area contributed by atoms with Crippen molar-refractivity contribution in [3.05, 3.63) is 12.3 Å². The first-order valence-corrected chi connectivity index (χ1v) is 5.72. The zero-order valence-electron chi connectivity index (χ0n) is 9.66. The Bertz CT molecular complexity index is 220. The fraction of sp³-hybridized carbons (Fsp3) is 0.833. The second-order valence-corrected chi connectivity index (χ2v) is 5.21. The molecule has 2 rings (SSSR count). The van der Waals surface area contributed by atoms with Crippen LogP contribution in [0, 0.1) is 11.8 Å². The Balaban J connectivity index is 1.93. The average molecular weight is 194 g/mol. The zero-order valence-corrected chi connectivity index (χ0v) is 9.66. The normalized spacial score (nSPS) is 32.7. The number of fused-ring (bicyclic) bond motifs is 1. The summed E-state index contributed by atoms with van der Waals surface area (Å²) in [5, 5.41) is 0. The van der Waals surface area contributed by atoms with E-state index in [4.69, 9.17) is 0 Å². The Morgan fingerprint density at radius 1 is 1.14 bits per heavy atom. The van der Waals surface area contributed by atoms with Gasteiger partial charge in [0, 0.05) is 37.9 Å². The quantitative estimate of drug-likeness (QED) is 0.661. The molecule has 0 spiro atoms. The van der Waals surface area contributed by atoms with E-state index in [9.17, 15) is 0 Å². The minimum atomic E-state index is 0.721. The number of hydrogen-bond acceptors (Lipinski definition) is 2. The largest absolute Gasteiger partial charge is 0.375 e. The summed E-state index contributed by atoms with van der Waals surface area (Å²) in [5.74, 6) is 1.79. The molecular formula is C12H22N2. The van der Waals surface area contributed by atoms with Crippen LogP contribution < -0.4 is 0 Å². The van der Waals surface area contributed by atoms with Gasteiger partial charge in [0.15, 0.2) is 0 Å². The summed E-state index contributed by atoms with van der Waals surface area (Å²) < 4.78 is 0. The van der Waals surface area contributed by atoms with Crippen LogP contribution in [0.3, 0.4) is 0 Å². The Morgan fingerprint density at radius 3 is 2.00 bits per heavy atom. The van der Waals surface area contributed by atoms with Crippen molar-refractivity contribution in [1.29, 1.82) is 0 Å². The van der Waals surface area contributed by atoms with Crippen LogP contribution in [0.15, 0.2) is 12.3 Å². The van der Waals surface area contributed by atoms with Gasteiger partial charge in [-0.15, -0.1) is 0 Å². The van der Waals surface area contributed by atoms with Gasteiger partial charge in [-0.2, -0.15) is 0 Å². The van der Waals surface area contributed by atoms with Crippen molar-refractivity contribution in [3.8, 4) is 0 Å². The summed E-state index contributed by atoms with van der Waals surface area (Å²) in [4.78, 5) is 5.07. The summed E-state index contributed by atoms with van der Waals surface area (Å²) in [5.41, 5.74) is 1.25. The molecule has 80 valence electrons. The lowest BCUT2D eigenvalue weighted by molar-refractivity contribution is 0.237. The molecule has 0 bridgehead atoms. The molecule has 2 fully saturated rings. The second-order valence-electron chi connectivity index (χ2n) is 5.21. The number of nitrogens with zero attached hydrogens (tertiary/aromatic N) is 2. The van der Waals surface area contributed by atoms with Gasteiger partial charge in [0.2, 0.25) is 0 Å². The summed E-state index contributed by atoms with van der Waals surface area (Å²) >= 11 is 0. The number of likely N-dealkylation sites (tertiary alicyclic amines) is 2. The lowest BCUT2D eigenvalue weighted by Gasteiger charge is -2.25. The highest BCUT2D eigenvalue weighted by Gasteiger charge is 2.40. The monoisotopic (exact) mass is 194 g/mol. The molecule has 2 heterocycles. The Hall–Kier alpha value is -0.500. The Kier molecular flexibility index (Phi) is 2.56. The first-order chi connectivity index (χ1) is 6.58. The van der Waals surface area contributed by atoms with Crippen LogP contribution in [-0.4, -0.2) is 42.0 Å². The molecule has 2 atom stereocenters. The van der Waals surface area contributed by atoms with Crippen LogP contribution in [0.4, 0.5) is 0 Å². The van der Waals surface area contributed by atoms with Gasteiger partial charge >= 0.3 is 0 Å². The van der Waals surface area contributed by atoms with Crippen LogP contribution >= 0.6 is 0 Å². The Morgan fingerprint density at radius 2 is 1.64 bits per heavy atom. The maximum atomic E-state index is 4.03. The molecular weight excluding hydrogens is 172 g/mol. The molecule has 0 N–H and O–H groups in total. The molecule has 0 aromatic carbocycles. The van der Waals surface area contributed by atoms with E-state index in [1.807, 2.05) is 0 Å². The van der Waals surface area contributed by atoms with Crippen molar-refractivity contribution < 1.29 is 0 Å². The molecule has 0 aliphatic carbocycles. The molecule has 0 amide bonds. The van der Waals surface area contributed by atoms with E-state index in [1.165, 1.54) is 31.9 Å². The van der Waals surface area contributed by atoms with Gasteiger partial charge in [0.05, 0.1) is 0 Å². The smallest absolute Gasteiger partial charge is 0.0219 e. The summed E-state index contributed by atoms with van der Waals surface area (Å²) in [6, 6.07) is 0.721. The zero-order chi connectivity index (χ0) is 10.3. The third kappa shape index (κ3) is 1.68. The van der Waals surface area contributed by atoms with Gasteiger partial charge in [-0.05, 0) is 32.6 Å². The van der Waals surface area contributed by atoms with E-state index < -0.39 is 0 Å². The molecule has 2 aliphatic rings. The van der Waals surface area contributed by atoms with E-state index in [-0.39, 0.29) is 0 Å². The highest BCUT2D eigenvalue weighted by Crippen LogP contribution is 2.33. The molecule has 2 saturated heterocycles. The van der Waals surface area contributed by atoms with Gasteiger partial charge in [-0.25, -0.2) is 0 Å². The molecule has 0 aromatic rings. The predicted octanol–water partition coefficient (Wildman–Crippen LogP) is 1.79. The summed E-state index contributed by atoms with van der Waals surface area (Å²) in [6.45, 7) is 15.8. The molecule has 0 saturated carbocycles. The van der Waals surface area contributed by atoms with Gasteiger partial charge < -0.3 is 9.80 Å². The maximum Gasteiger partial charge on any atom is 0.0219 e. The minimum absolute atomic E-state index is 0.721. The Labute approximate surface area is 87.6 Å². The van der Waals surface area contributed by atoms with Crippen LogP contribution in [-0.2, 0) is 0 Å². The van der Waals surface area contributed by atoms with Crippen molar-refractivity contribution >= 4 is 0 Å². The topological polar surface area (TPSA) is 6.48 Å². The SMILES string of the molecule is C=C(C)N1CC2CN(C(C)C)CC2C1. The standard InChI is InChI=1S/C12H22N2/c1-9(2)13-5-11-7-14(10(3)4)8-12(11)6-13/h10-12H,1,5-8H2,2-4H3. The number of allylic oxidation sites excluding steroid dienone is 1. The fourth-order valence-corrected chi connectivity index (χ4v) is 2.76. The van der Waals surface area contributed by atoms with Crippen LogP contribution in [0.2, 0.25) is 0 Å². The molecule has 0 aromatic heterocycles. The van der Waals surface area contributed by atoms with Crippen molar-refractivity contribution in [2.75, 3.05) is 26.2 Å². The van der Waals surface area contributed by atoms with Crippen molar-refractivity contribution in [2.45, 2.75) is 26.8 Å². The third-order valence-corrected chi connectivity index (χ3v) is 3.78. The van der Waals surface area contributed by atoms with E-state index in [2.05, 4.69) is 37.1 Å². The average Bonchev–Trinajstić information content (AvgIpc) is 2.57. The van der Waals surface area contributed by atoms with Gasteiger partial charge in [-0.3, -0.25) is 0 Å². The summed E-state index contributed by atoms with van der Waals surface area (Å²) in [6.07, 6.45) is 0. The van der Waals surface area contributed by atoms with Crippen LogP contribution in [0.5, 0.6) is 0 Å². The van der Waals surface area contributed by atoms with E-state index >= 15 is 0 Å². The third-order valence-electron chi connectivity index (χ3n) is 3.78. The van der Waals surface area contributed by atoms with Crippen molar-refractivity contribution in [2.24, 2.45) is 11.8 Å². The lowest BCUT2D eigenvalue weighted by atomic mass is 10.0. The summed E-state index contributed by atoms with van der Waals surface area (Å²) in [7, 11) is 0. The number of hydrogen-bond donors (Lipinski definition) is 0. The molecule has 0 radical (unpaired) electrons. The first-order valence-electron chi connectivity index (χ1n) is 5.72. The van der Waals surface area contributed by atoms with Crippen LogP contribution in [0.1, 0.15) is 20.8 Å². The van der Waals surface area contributed by atoms with Gasteiger partial charge in [0.1, 0.15) is 0 Å². The highest BCUT2D eigenvalue weighted by molar-refractivity contribution is 5.01. The van der Waals surface area contributed by atoms with Crippen LogP contribution in [0.25, 0.3) is 0 Å². The second kappa shape index (κ2) is 3.58. The molecule has 2 heteroatoms. The highest BCUT2D eigenvalue weighted by atomic mass is 15.2. The number of rotatable bonds is 2. The van der Waals surface area contributed by atoms with E-state index in [1.54, 1.807) is 0 Å². The van der Waals surface area contributed by atoms with Crippen molar-refractivity contribution in [1.82, 2.24) is 9.80 Å². The first kappa shape index (κ1) is 10.0. The van der Waals surface area contributed by atoms with Crippen molar-refractivity contribution in [3.63, 3.8) is 0 Å². The molecule has 2 aliphatic heterocycles.